The number of nitro groups is 2. The van der Waals surface area contributed by atoms with E-state index in [1.165, 1.54) is 26.2 Å². The highest BCUT2D eigenvalue weighted by atomic mass is 16.6. The Kier molecular flexibility index (Phi) is 8.26. The lowest BCUT2D eigenvalue weighted by molar-refractivity contribution is -0.393. The van der Waals surface area contributed by atoms with Crippen LogP contribution in [-0.2, 0) is 14.3 Å². The van der Waals surface area contributed by atoms with E-state index < -0.39 is 44.3 Å². The van der Waals surface area contributed by atoms with Crippen LogP contribution < -0.4 is 10.2 Å². The first-order chi connectivity index (χ1) is 16.1. The van der Waals surface area contributed by atoms with E-state index in [2.05, 4.69) is 20.3 Å². The first-order valence-electron chi connectivity index (χ1n) is 9.63. The lowest BCUT2D eigenvalue weighted by Gasteiger charge is -2.22. The molecule has 0 saturated heterocycles. The van der Waals surface area contributed by atoms with E-state index in [9.17, 15) is 35.1 Å². The lowest BCUT2D eigenvalue weighted by atomic mass is 10.1. The highest BCUT2D eigenvalue weighted by molar-refractivity contribution is 5.93. The van der Waals surface area contributed by atoms with Crippen LogP contribution in [0.15, 0.2) is 40.6 Å². The fourth-order valence-corrected chi connectivity index (χ4v) is 2.85. The van der Waals surface area contributed by atoms with E-state index in [-0.39, 0.29) is 17.9 Å². The molecule has 0 bridgehead atoms. The Hall–Kier alpha value is -4.93. The first-order valence-corrected chi connectivity index (χ1v) is 9.63. The van der Waals surface area contributed by atoms with Crippen LogP contribution in [-0.4, -0.2) is 41.9 Å². The molecule has 1 N–H and O–H groups in total. The summed E-state index contributed by atoms with van der Waals surface area (Å²) in [6, 6.07) is 7.74. The van der Waals surface area contributed by atoms with Crippen molar-refractivity contribution < 1.29 is 24.2 Å². The summed E-state index contributed by atoms with van der Waals surface area (Å²) >= 11 is 0. The average Bonchev–Trinajstić information content (AvgIpc) is 2.80. The number of rotatable bonds is 9. The SMILES string of the molecule is CCN(CC(=O)OC)c1ccc(/N=N/c2c(C#N)cc([N+](=O)[O-])cc2[N+](=O)[O-])c(NC(C)=O)c1. The molecule has 0 fully saturated rings. The second-order valence-electron chi connectivity index (χ2n) is 6.66. The van der Waals surface area contributed by atoms with E-state index in [4.69, 9.17) is 0 Å². The summed E-state index contributed by atoms with van der Waals surface area (Å²) in [6.45, 7) is 3.46. The lowest BCUT2D eigenvalue weighted by Crippen LogP contribution is -2.30. The minimum Gasteiger partial charge on any atom is -0.468 e. The zero-order valence-corrected chi connectivity index (χ0v) is 18.3. The van der Waals surface area contributed by atoms with Crippen LogP contribution in [0, 0.1) is 31.6 Å². The second kappa shape index (κ2) is 11.1. The molecular weight excluding hydrogens is 450 g/mol. The Morgan fingerprint density at radius 2 is 1.88 bits per heavy atom. The van der Waals surface area contributed by atoms with Gasteiger partial charge in [0.1, 0.15) is 18.3 Å². The molecule has 0 heterocycles. The summed E-state index contributed by atoms with van der Waals surface area (Å²) in [5, 5.41) is 42.1. The number of nitrogens with zero attached hydrogens (tertiary/aromatic N) is 6. The summed E-state index contributed by atoms with van der Waals surface area (Å²) in [5.74, 6) is -0.912. The number of benzene rings is 2. The summed E-state index contributed by atoms with van der Waals surface area (Å²) < 4.78 is 4.68. The zero-order chi connectivity index (χ0) is 25.4. The summed E-state index contributed by atoms with van der Waals surface area (Å²) in [7, 11) is 1.26. The molecule has 2 aromatic carbocycles. The molecule has 176 valence electrons. The number of hydrogen-bond donors (Lipinski definition) is 1. The standard InChI is InChI=1S/C20H19N7O7/c1-4-25(11-19(29)34-3)14-5-6-16(17(8-14)22-12(2)28)23-24-20-13(10-21)7-15(26(30)31)9-18(20)27(32)33/h5-9H,4,11H2,1-3H3,(H,22,28)/b24-23+. The van der Waals surface area contributed by atoms with Crippen LogP contribution in [0.3, 0.4) is 0 Å². The van der Waals surface area contributed by atoms with Gasteiger partial charge in [0.15, 0.2) is 5.69 Å². The molecule has 0 aliphatic carbocycles. The Morgan fingerprint density at radius 1 is 1.18 bits per heavy atom. The fraction of sp³-hybridized carbons (Fsp3) is 0.250. The number of ether oxygens (including phenoxy) is 1. The molecule has 0 atom stereocenters. The number of nitrogens with one attached hydrogen (secondary N) is 1. The van der Waals surface area contributed by atoms with Crippen LogP contribution >= 0.6 is 0 Å². The third-order valence-electron chi connectivity index (χ3n) is 4.45. The quantitative estimate of drug-likeness (QED) is 0.246. The summed E-state index contributed by atoms with van der Waals surface area (Å²) in [4.78, 5) is 45.7. The van der Waals surface area contributed by atoms with Crippen molar-refractivity contribution in [1.29, 1.82) is 5.26 Å². The van der Waals surface area contributed by atoms with Crippen molar-refractivity contribution in [2.75, 3.05) is 30.4 Å². The number of amides is 1. The molecule has 0 saturated carbocycles. The smallest absolute Gasteiger partial charge is 0.325 e. The minimum atomic E-state index is -0.911. The number of non-ortho nitro benzene ring substituents is 1. The van der Waals surface area contributed by atoms with Crippen molar-refractivity contribution in [3.8, 4) is 6.07 Å². The van der Waals surface area contributed by atoms with Gasteiger partial charge in [-0.15, -0.1) is 10.2 Å². The largest absolute Gasteiger partial charge is 0.468 e. The molecule has 0 aliphatic heterocycles. The predicted molar refractivity (Wildman–Crippen MR) is 119 cm³/mol. The van der Waals surface area contributed by atoms with E-state index in [0.717, 1.165) is 6.07 Å². The van der Waals surface area contributed by atoms with Gasteiger partial charge in [-0.2, -0.15) is 5.26 Å². The van der Waals surface area contributed by atoms with E-state index in [1.54, 1.807) is 17.0 Å². The van der Waals surface area contributed by atoms with Gasteiger partial charge in [0.25, 0.3) is 5.69 Å². The van der Waals surface area contributed by atoms with Crippen LogP contribution in [0.5, 0.6) is 0 Å². The number of hydrogen-bond acceptors (Lipinski definition) is 11. The first kappa shape index (κ1) is 25.3. The summed E-state index contributed by atoms with van der Waals surface area (Å²) in [5.41, 5.74) is -1.49. The Morgan fingerprint density at radius 3 is 2.41 bits per heavy atom. The van der Waals surface area contributed by atoms with Crippen molar-refractivity contribution in [1.82, 2.24) is 0 Å². The van der Waals surface area contributed by atoms with Gasteiger partial charge in [0, 0.05) is 25.2 Å². The van der Waals surface area contributed by atoms with E-state index >= 15 is 0 Å². The maximum Gasteiger partial charge on any atom is 0.325 e. The van der Waals surface area contributed by atoms with Gasteiger partial charge in [-0.05, 0) is 25.1 Å². The molecule has 2 aromatic rings. The van der Waals surface area contributed by atoms with Crippen molar-refractivity contribution >= 4 is 46.0 Å². The highest BCUT2D eigenvalue weighted by Crippen LogP contribution is 2.38. The maximum absolute atomic E-state index is 11.7. The van der Waals surface area contributed by atoms with Crippen molar-refractivity contribution in [2.24, 2.45) is 10.2 Å². The predicted octanol–water partition coefficient (Wildman–Crippen LogP) is 3.75. The maximum atomic E-state index is 11.7. The second-order valence-corrected chi connectivity index (χ2v) is 6.66. The van der Waals surface area contributed by atoms with Gasteiger partial charge in [0.05, 0.1) is 34.3 Å². The average molecular weight is 469 g/mol. The van der Waals surface area contributed by atoms with E-state index in [0.29, 0.717) is 18.3 Å². The molecular formula is C20H19N7O7. The van der Waals surface area contributed by atoms with Gasteiger partial charge in [-0.3, -0.25) is 29.8 Å². The number of methoxy groups -OCH3 is 1. The number of carbonyl (C=O) groups is 2. The van der Waals surface area contributed by atoms with Crippen LogP contribution in [0.25, 0.3) is 0 Å². The van der Waals surface area contributed by atoms with Gasteiger partial charge in [0.2, 0.25) is 5.91 Å². The molecule has 14 heteroatoms. The van der Waals surface area contributed by atoms with Gasteiger partial charge >= 0.3 is 11.7 Å². The number of carbonyl (C=O) groups excluding carboxylic acids is 2. The fourth-order valence-electron chi connectivity index (χ4n) is 2.85. The molecule has 14 nitrogen and oxygen atoms in total. The molecule has 0 aromatic heterocycles. The molecule has 2 rings (SSSR count). The van der Waals surface area contributed by atoms with Gasteiger partial charge in [-0.25, -0.2) is 0 Å². The van der Waals surface area contributed by atoms with Crippen LogP contribution in [0.2, 0.25) is 0 Å². The molecule has 0 unspecified atom stereocenters. The molecule has 0 aliphatic rings. The van der Waals surface area contributed by atoms with E-state index in [1.807, 2.05) is 6.92 Å². The van der Waals surface area contributed by atoms with Crippen molar-refractivity contribution in [3.63, 3.8) is 0 Å². The summed E-state index contributed by atoms with van der Waals surface area (Å²) in [6.07, 6.45) is 0. The van der Waals surface area contributed by atoms with Gasteiger partial charge < -0.3 is 15.0 Å². The van der Waals surface area contributed by atoms with Crippen molar-refractivity contribution in [2.45, 2.75) is 13.8 Å². The minimum absolute atomic E-state index is 0.0477. The Bertz CT molecular complexity index is 1220. The third-order valence-corrected chi connectivity index (χ3v) is 4.45. The number of nitriles is 1. The van der Waals surface area contributed by atoms with Crippen LogP contribution in [0.1, 0.15) is 19.4 Å². The molecule has 34 heavy (non-hydrogen) atoms. The number of anilines is 2. The molecule has 0 spiro atoms. The van der Waals surface area contributed by atoms with Crippen molar-refractivity contribution in [3.05, 3.63) is 56.1 Å². The van der Waals surface area contributed by atoms with Crippen LogP contribution in [0.4, 0.5) is 34.1 Å². The topological polar surface area (TPSA) is 193 Å². The molecule has 0 radical (unpaired) electrons. The molecule has 1 amide bonds. The number of esters is 1. The number of nitro benzene ring substituents is 2. The zero-order valence-electron chi connectivity index (χ0n) is 18.3. The normalized spacial score (nSPS) is 10.4. The Labute approximate surface area is 192 Å². The Balaban J connectivity index is 2.58. The number of likely N-dealkylation sites (N-methyl/N-ethyl adjacent to an activating group) is 1. The highest BCUT2D eigenvalue weighted by Gasteiger charge is 2.24. The monoisotopic (exact) mass is 469 g/mol. The van der Waals surface area contributed by atoms with Gasteiger partial charge in [-0.1, -0.05) is 0 Å². The number of azo groups is 1. The third kappa shape index (κ3) is 6.07.